The summed E-state index contributed by atoms with van der Waals surface area (Å²) in [4.78, 5) is 13.0. The Labute approximate surface area is 78.2 Å². The summed E-state index contributed by atoms with van der Waals surface area (Å²) in [5.74, 6) is -0.0776. The van der Waals surface area contributed by atoms with E-state index < -0.39 is 6.04 Å². The maximum atomic E-state index is 11.4. The maximum absolute atomic E-state index is 11.4. The van der Waals surface area contributed by atoms with E-state index in [1.807, 2.05) is 30.3 Å². The van der Waals surface area contributed by atoms with Gasteiger partial charge in [-0.15, -0.1) is 0 Å². The van der Waals surface area contributed by atoms with Gasteiger partial charge in [0, 0.05) is 12.7 Å². The number of carbonyl (C=O) groups is 1. The van der Waals surface area contributed by atoms with Crippen LogP contribution in [0, 0.1) is 0 Å². The first-order chi connectivity index (χ1) is 6.13. The Morgan fingerprint density at radius 3 is 2.38 bits per heavy atom. The van der Waals surface area contributed by atoms with E-state index in [4.69, 9.17) is 5.73 Å². The second-order valence-electron chi connectivity index (χ2n) is 3.02. The molecule has 3 heteroatoms. The van der Waals surface area contributed by atoms with E-state index in [1.54, 1.807) is 18.9 Å². The molecule has 1 unspecified atom stereocenters. The standard InChI is InChI=1S/C10H14N2O/c1-8(11)10(13)12(2)9-6-4-3-5-7-9/h3-8H,11H2,1-2H3. The third kappa shape index (κ3) is 2.29. The highest BCUT2D eigenvalue weighted by Crippen LogP contribution is 2.11. The zero-order valence-corrected chi connectivity index (χ0v) is 7.90. The Morgan fingerprint density at radius 2 is 1.92 bits per heavy atom. The second kappa shape index (κ2) is 4.05. The highest BCUT2D eigenvalue weighted by atomic mass is 16.2. The normalized spacial score (nSPS) is 12.2. The monoisotopic (exact) mass is 178 g/mol. The molecule has 0 aromatic heterocycles. The van der Waals surface area contributed by atoms with Crippen molar-refractivity contribution in [3.8, 4) is 0 Å². The minimum Gasteiger partial charge on any atom is -0.320 e. The lowest BCUT2D eigenvalue weighted by molar-refractivity contribution is -0.119. The summed E-state index contributed by atoms with van der Waals surface area (Å²) < 4.78 is 0. The van der Waals surface area contributed by atoms with Crippen molar-refractivity contribution in [2.45, 2.75) is 13.0 Å². The van der Waals surface area contributed by atoms with Crippen molar-refractivity contribution in [3.05, 3.63) is 30.3 Å². The summed E-state index contributed by atoms with van der Waals surface area (Å²) in [6, 6.07) is 8.99. The van der Waals surface area contributed by atoms with Gasteiger partial charge in [-0.2, -0.15) is 0 Å². The van der Waals surface area contributed by atoms with Crippen LogP contribution in [0.3, 0.4) is 0 Å². The van der Waals surface area contributed by atoms with Crippen molar-refractivity contribution in [2.24, 2.45) is 5.73 Å². The number of hydrogen-bond acceptors (Lipinski definition) is 2. The number of anilines is 1. The Morgan fingerprint density at radius 1 is 1.38 bits per heavy atom. The first-order valence-corrected chi connectivity index (χ1v) is 4.21. The van der Waals surface area contributed by atoms with Gasteiger partial charge in [0.1, 0.15) is 0 Å². The molecule has 0 spiro atoms. The minimum atomic E-state index is -0.454. The molecule has 13 heavy (non-hydrogen) atoms. The highest BCUT2D eigenvalue weighted by Gasteiger charge is 2.13. The van der Waals surface area contributed by atoms with Crippen LogP contribution in [0.5, 0.6) is 0 Å². The zero-order chi connectivity index (χ0) is 9.84. The Kier molecular flexibility index (Phi) is 3.03. The topological polar surface area (TPSA) is 46.3 Å². The van der Waals surface area contributed by atoms with E-state index in [-0.39, 0.29) is 5.91 Å². The number of para-hydroxylation sites is 1. The number of nitrogens with zero attached hydrogens (tertiary/aromatic N) is 1. The van der Waals surface area contributed by atoms with Crippen LogP contribution in [0.15, 0.2) is 30.3 Å². The van der Waals surface area contributed by atoms with Gasteiger partial charge in [-0.05, 0) is 19.1 Å². The summed E-state index contributed by atoms with van der Waals surface area (Å²) in [7, 11) is 1.72. The van der Waals surface area contributed by atoms with E-state index >= 15 is 0 Å². The van der Waals surface area contributed by atoms with E-state index in [9.17, 15) is 4.79 Å². The molecule has 1 atom stereocenters. The molecule has 3 nitrogen and oxygen atoms in total. The lowest BCUT2D eigenvalue weighted by atomic mass is 10.2. The highest BCUT2D eigenvalue weighted by molar-refractivity contribution is 5.96. The fourth-order valence-corrected chi connectivity index (χ4v) is 1.08. The first kappa shape index (κ1) is 9.74. The lowest BCUT2D eigenvalue weighted by Crippen LogP contribution is -2.39. The van der Waals surface area contributed by atoms with E-state index in [0.717, 1.165) is 5.69 Å². The van der Waals surface area contributed by atoms with Crippen molar-refractivity contribution < 1.29 is 4.79 Å². The van der Waals surface area contributed by atoms with Crippen molar-refractivity contribution in [1.82, 2.24) is 0 Å². The molecule has 0 aliphatic heterocycles. The molecule has 0 bridgehead atoms. The Bertz CT molecular complexity index is 282. The van der Waals surface area contributed by atoms with Gasteiger partial charge in [-0.3, -0.25) is 4.79 Å². The zero-order valence-electron chi connectivity index (χ0n) is 7.90. The largest absolute Gasteiger partial charge is 0.320 e. The summed E-state index contributed by atoms with van der Waals surface area (Å²) >= 11 is 0. The number of hydrogen-bond donors (Lipinski definition) is 1. The van der Waals surface area contributed by atoms with E-state index in [1.165, 1.54) is 0 Å². The van der Waals surface area contributed by atoms with Crippen LogP contribution in [0.25, 0.3) is 0 Å². The first-order valence-electron chi connectivity index (χ1n) is 4.21. The van der Waals surface area contributed by atoms with Gasteiger partial charge in [0.15, 0.2) is 0 Å². The smallest absolute Gasteiger partial charge is 0.243 e. The SMILES string of the molecule is CC(N)C(=O)N(C)c1ccccc1. The van der Waals surface area contributed by atoms with Crippen molar-refractivity contribution in [1.29, 1.82) is 0 Å². The quantitative estimate of drug-likeness (QED) is 0.734. The number of likely N-dealkylation sites (N-methyl/N-ethyl adjacent to an activating group) is 1. The van der Waals surface area contributed by atoms with Gasteiger partial charge in [-0.25, -0.2) is 0 Å². The van der Waals surface area contributed by atoms with Crippen molar-refractivity contribution in [2.75, 3.05) is 11.9 Å². The fourth-order valence-electron chi connectivity index (χ4n) is 1.08. The Hall–Kier alpha value is -1.35. The molecular weight excluding hydrogens is 164 g/mol. The van der Waals surface area contributed by atoms with Gasteiger partial charge >= 0.3 is 0 Å². The molecular formula is C10H14N2O. The maximum Gasteiger partial charge on any atom is 0.243 e. The summed E-state index contributed by atoms with van der Waals surface area (Å²) in [5, 5.41) is 0. The van der Waals surface area contributed by atoms with Crippen molar-refractivity contribution >= 4 is 11.6 Å². The molecule has 0 heterocycles. The van der Waals surface area contributed by atoms with Gasteiger partial charge in [0.25, 0.3) is 0 Å². The van der Waals surface area contributed by atoms with E-state index in [0.29, 0.717) is 0 Å². The lowest BCUT2D eigenvalue weighted by Gasteiger charge is -2.18. The third-order valence-corrected chi connectivity index (χ3v) is 1.86. The van der Waals surface area contributed by atoms with Crippen molar-refractivity contribution in [3.63, 3.8) is 0 Å². The third-order valence-electron chi connectivity index (χ3n) is 1.86. The fraction of sp³-hybridized carbons (Fsp3) is 0.300. The van der Waals surface area contributed by atoms with Crippen LogP contribution in [0.1, 0.15) is 6.92 Å². The van der Waals surface area contributed by atoms with Gasteiger partial charge in [0.2, 0.25) is 5.91 Å². The summed E-state index contributed by atoms with van der Waals surface area (Å²) in [6.07, 6.45) is 0. The molecule has 0 aliphatic rings. The van der Waals surface area contributed by atoms with E-state index in [2.05, 4.69) is 0 Å². The predicted octanol–water partition coefficient (Wildman–Crippen LogP) is 0.997. The van der Waals surface area contributed by atoms with Crippen LogP contribution in [-0.2, 0) is 4.79 Å². The number of benzene rings is 1. The van der Waals surface area contributed by atoms with Crippen LogP contribution < -0.4 is 10.6 Å². The molecule has 1 amide bonds. The van der Waals surface area contributed by atoms with Crippen LogP contribution in [-0.4, -0.2) is 19.0 Å². The molecule has 0 aliphatic carbocycles. The van der Waals surface area contributed by atoms with Crippen LogP contribution in [0.2, 0.25) is 0 Å². The Balaban J connectivity index is 2.80. The molecule has 0 saturated heterocycles. The number of carbonyl (C=O) groups excluding carboxylic acids is 1. The average molecular weight is 178 g/mol. The molecule has 0 fully saturated rings. The summed E-state index contributed by atoms with van der Waals surface area (Å²) in [5.41, 5.74) is 6.35. The van der Waals surface area contributed by atoms with Gasteiger partial charge in [0.05, 0.1) is 6.04 Å². The molecule has 70 valence electrons. The molecule has 1 aromatic carbocycles. The second-order valence-corrected chi connectivity index (χ2v) is 3.02. The van der Waals surface area contributed by atoms with Gasteiger partial charge in [-0.1, -0.05) is 18.2 Å². The van der Waals surface area contributed by atoms with Crippen LogP contribution >= 0.6 is 0 Å². The average Bonchev–Trinajstić information content (AvgIpc) is 2.17. The van der Waals surface area contributed by atoms with Gasteiger partial charge < -0.3 is 10.6 Å². The minimum absolute atomic E-state index is 0.0776. The number of rotatable bonds is 2. The molecule has 1 rings (SSSR count). The van der Waals surface area contributed by atoms with Crippen LogP contribution in [0.4, 0.5) is 5.69 Å². The molecule has 0 radical (unpaired) electrons. The molecule has 1 aromatic rings. The molecule has 0 saturated carbocycles. The predicted molar refractivity (Wildman–Crippen MR) is 53.5 cm³/mol. The summed E-state index contributed by atoms with van der Waals surface area (Å²) in [6.45, 7) is 1.68. The molecule has 2 N–H and O–H groups in total. The number of amides is 1. The number of nitrogens with two attached hydrogens (primary N) is 1.